The number of methoxy groups -OCH3 is 1. The summed E-state index contributed by atoms with van der Waals surface area (Å²) < 4.78 is 5.18. The maximum Gasteiger partial charge on any atom is 0.118 e. The lowest BCUT2D eigenvalue weighted by molar-refractivity contribution is 0.414. The molecule has 1 atom stereocenters. The van der Waals surface area contributed by atoms with Crippen LogP contribution in [0.15, 0.2) is 42.5 Å². The van der Waals surface area contributed by atoms with Crippen molar-refractivity contribution in [3.05, 3.63) is 64.7 Å². The van der Waals surface area contributed by atoms with Gasteiger partial charge >= 0.3 is 0 Å². The minimum atomic E-state index is 0.100. The normalized spacial score (nSPS) is 12.2. The Morgan fingerprint density at radius 1 is 1.05 bits per heavy atom. The van der Waals surface area contributed by atoms with Gasteiger partial charge in [0.15, 0.2) is 0 Å². The van der Waals surface area contributed by atoms with Crippen LogP contribution >= 0.6 is 0 Å². The fraction of sp³-hybridized carbons (Fsp3) is 0.294. The second kappa shape index (κ2) is 6.55. The fourth-order valence-corrected chi connectivity index (χ4v) is 2.28. The highest BCUT2D eigenvalue weighted by Crippen LogP contribution is 2.21. The lowest BCUT2D eigenvalue weighted by Gasteiger charge is -2.17. The summed E-state index contributed by atoms with van der Waals surface area (Å²) in [5, 5.41) is 0. The van der Waals surface area contributed by atoms with Gasteiger partial charge in [-0.05, 0) is 54.7 Å². The molecule has 20 heavy (non-hydrogen) atoms. The molecule has 2 rings (SSSR count). The Morgan fingerprint density at radius 3 is 2.30 bits per heavy atom. The van der Waals surface area contributed by atoms with Crippen LogP contribution in [0, 0.1) is 13.8 Å². The Morgan fingerprint density at radius 2 is 1.75 bits per heavy atom. The summed E-state index contributed by atoms with van der Waals surface area (Å²) in [6.07, 6.45) is 0.865. The molecular weight excluding hydrogens is 248 g/mol. The smallest absolute Gasteiger partial charge is 0.118 e. The molecule has 106 valence electrons. The summed E-state index contributed by atoms with van der Waals surface area (Å²) in [4.78, 5) is 0. The van der Waals surface area contributed by atoms with E-state index in [1.54, 1.807) is 7.11 Å². The average Bonchev–Trinajstić information content (AvgIpc) is 2.48. The first kappa shape index (κ1) is 14.6. The van der Waals surface area contributed by atoms with Crippen LogP contribution in [0.1, 0.15) is 28.3 Å². The first-order chi connectivity index (χ1) is 9.63. The lowest BCUT2D eigenvalue weighted by atomic mass is 9.97. The van der Waals surface area contributed by atoms with Crippen LogP contribution in [-0.2, 0) is 6.42 Å². The van der Waals surface area contributed by atoms with E-state index in [4.69, 9.17) is 10.6 Å². The molecule has 0 radical (unpaired) electrons. The summed E-state index contributed by atoms with van der Waals surface area (Å²) in [6, 6.07) is 14.7. The summed E-state index contributed by atoms with van der Waals surface area (Å²) in [5.41, 5.74) is 7.97. The van der Waals surface area contributed by atoms with E-state index < -0.39 is 0 Å². The van der Waals surface area contributed by atoms with Gasteiger partial charge in [-0.1, -0.05) is 30.3 Å². The minimum Gasteiger partial charge on any atom is -0.497 e. The molecular formula is C17H22N2O. The molecule has 0 heterocycles. The summed E-state index contributed by atoms with van der Waals surface area (Å²) in [6.45, 7) is 4.26. The topological polar surface area (TPSA) is 47.3 Å². The highest BCUT2D eigenvalue weighted by Gasteiger charge is 2.11. The van der Waals surface area contributed by atoms with E-state index in [0.717, 1.165) is 17.7 Å². The molecule has 0 saturated carbocycles. The predicted octanol–water partition coefficient (Wildman–Crippen LogP) is 3.06. The molecule has 1 unspecified atom stereocenters. The van der Waals surface area contributed by atoms with Crippen LogP contribution in [0.4, 0.5) is 0 Å². The van der Waals surface area contributed by atoms with Crippen molar-refractivity contribution in [1.82, 2.24) is 5.43 Å². The Labute approximate surface area is 120 Å². The predicted molar refractivity (Wildman–Crippen MR) is 82.7 cm³/mol. The molecule has 0 spiro atoms. The number of ether oxygens (including phenoxy) is 1. The van der Waals surface area contributed by atoms with E-state index in [1.807, 2.05) is 24.3 Å². The van der Waals surface area contributed by atoms with E-state index in [9.17, 15) is 0 Å². The zero-order valence-corrected chi connectivity index (χ0v) is 12.3. The van der Waals surface area contributed by atoms with E-state index in [0.29, 0.717) is 0 Å². The first-order valence-electron chi connectivity index (χ1n) is 6.80. The molecule has 3 N–H and O–H groups in total. The highest BCUT2D eigenvalue weighted by atomic mass is 16.5. The van der Waals surface area contributed by atoms with Crippen molar-refractivity contribution in [3.8, 4) is 5.75 Å². The van der Waals surface area contributed by atoms with Crippen LogP contribution in [0.3, 0.4) is 0 Å². The standard InChI is InChI=1S/C17H22N2O/c1-12-4-5-14(10-13(12)2)11-17(19-18)15-6-8-16(20-3)9-7-15/h4-10,17,19H,11,18H2,1-3H3. The molecule has 0 aliphatic rings. The van der Waals surface area contributed by atoms with E-state index in [1.165, 1.54) is 16.7 Å². The third-order valence-electron chi connectivity index (χ3n) is 3.73. The van der Waals surface area contributed by atoms with Crippen molar-refractivity contribution < 1.29 is 4.74 Å². The van der Waals surface area contributed by atoms with Crippen molar-refractivity contribution in [2.75, 3.05) is 7.11 Å². The zero-order valence-electron chi connectivity index (χ0n) is 12.3. The van der Waals surface area contributed by atoms with Gasteiger partial charge in [0, 0.05) is 6.04 Å². The monoisotopic (exact) mass is 270 g/mol. The average molecular weight is 270 g/mol. The Balaban J connectivity index is 2.16. The number of nitrogens with two attached hydrogens (primary N) is 1. The zero-order chi connectivity index (χ0) is 14.5. The number of hydrazine groups is 1. The van der Waals surface area contributed by atoms with Gasteiger partial charge in [0.2, 0.25) is 0 Å². The molecule has 0 aliphatic heterocycles. The largest absolute Gasteiger partial charge is 0.497 e. The van der Waals surface area contributed by atoms with Gasteiger partial charge in [0.05, 0.1) is 7.11 Å². The molecule has 0 saturated heterocycles. The van der Waals surface area contributed by atoms with Gasteiger partial charge in [-0.15, -0.1) is 0 Å². The summed E-state index contributed by atoms with van der Waals surface area (Å²) in [7, 11) is 1.67. The van der Waals surface area contributed by atoms with Crippen LogP contribution in [0.25, 0.3) is 0 Å². The van der Waals surface area contributed by atoms with Crippen LogP contribution in [0.2, 0.25) is 0 Å². The van der Waals surface area contributed by atoms with Crippen molar-refractivity contribution in [2.45, 2.75) is 26.3 Å². The Kier molecular flexibility index (Phi) is 4.77. The maximum absolute atomic E-state index is 5.71. The van der Waals surface area contributed by atoms with Crippen LogP contribution in [0.5, 0.6) is 5.75 Å². The molecule has 0 fully saturated rings. The third kappa shape index (κ3) is 3.38. The molecule has 0 bridgehead atoms. The van der Waals surface area contributed by atoms with Gasteiger partial charge in [-0.25, -0.2) is 0 Å². The quantitative estimate of drug-likeness (QED) is 0.648. The number of rotatable bonds is 5. The molecule has 0 amide bonds. The Bertz CT molecular complexity index is 564. The van der Waals surface area contributed by atoms with Crippen molar-refractivity contribution in [1.29, 1.82) is 0 Å². The molecule has 2 aromatic carbocycles. The summed E-state index contributed by atoms with van der Waals surface area (Å²) in [5.74, 6) is 6.57. The molecule has 0 aromatic heterocycles. The summed E-state index contributed by atoms with van der Waals surface area (Å²) >= 11 is 0. The van der Waals surface area contributed by atoms with Crippen LogP contribution in [-0.4, -0.2) is 7.11 Å². The minimum absolute atomic E-state index is 0.100. The van der Waals surface area contributed by atoms with E-state index in [2.05, 4.69) is 37.5 Å². The fourth-order valence-electron chi connectivity index (χ4n) is 2.28. The number of hydrogen-bond acceptors (Lipinski definition) is 3. The first-order valence-corrected chi connectivity index (χ1v) is 6.80. The Hall–Kier alpha value is -1.84. The van der Waals surface area contributed by atoms with E-state index >= 15 is 0 Å². The van der Waals surface area contributed by atoms with Gasteiger partial charge < -0.3 is 4.74 Å². The van der Waals surface area contributed by atoms with E-state index in [-0.39, 0.29) is 6.04 Å². The lowest BCUT2D eigenvalue weighted by Crippen LogP contribution is -2.29. The maximum atomic E-state index is 5.71. The molecule has 3 heteroatoms. The van der Waals surface area contributed by atoms with Crippen molar-refractivity contribution in [2.24, 2.45) is 5.84 Å². The number of hydrogen-bond donors (Lipinski definition) is 2. The number of aryl methyl sites for hydroxylation is 2. The van der Waals surface area contributed by atoms with Gasteiger partial charge in [0.1, 0.15) is 5.75 Å². The molecule has 3 nitrogen and oxygen atoms in total. The highest BCUT2D eigenvalue weighted by molar-refractivity contribution is 5.33. The van der Waals surface area contributed by atoms with Crippen molar-refractivity contribution in [3.63, 3.8) is 0 Å². The SMILES string of the molecule is COc1ccc(C(Cc2ccc(C)c(C)c2)NN)cc1. The molecule has 0 aliphatic carbocycles. The number of nitrogens with one attached hydrogen (secondary N) is 1. The third-order valence-corrected chi connectivity index (χ3v) is 3.73. The van der Waals surface area contributed by atoms with Gasteiger partial charge in [-0.3, -0.25) is 11.3 Å². The van der Waals surface area contributed by atoms with Crippen LogP contribution < -0.4 is 16.0 Å². The van der Waals surface area contributed by atoms with Crippen molar-refractivity contribution >= 4 is 0 Å². The van der Waals surface area contributed by atoms with Gasteiger partial charge in [0.25, 0.3) is 0 Å². The van der Waals surface area contributed by atoms with Gasteiger partial charge in [-0.2, -0.15) is 0 Å². The second-order valence-corrected chi connectivity index (χ2v) is 5.12. The second-order valence-electron chi connectivity index (χ2n) is 5.12. The number of benzene rings is 2. The molecule has 2 aromatic rings.